The van der Waals surface area contributed by atoms with Crippen molar-refractivity contribution in [3.8, 4) is 11.5 Å². The van der Waals surface area contributed by atoms with Crippen LogP contribution in [0.3, 0.4) is 0 Å². The smallest absolute Gasteiger partial charge is 0.274 e. The van der Waals surface area contributed by atoms with E-state index in [2.05, 4.69) is 27.3 Å². The number of carbonyl (C=O) groups is 1. The standard InChI is InChI=1S/C19H23N5O2/c1-3-13-11-20-23-18(13)14-6-8-24(9-7-14)19(25)16-10-15(21-22-16)17-5-4-12(2)26-17/h4-5,10-11,14H,3,6-9H2,1-2H3,(H,20,23)(H,21,22). The van der Waals surface area contributed by atoms with Crippen molar-refractivity contribution in [3.05, 3.63) is 47.1 Å². The number of aromatic amines is 2. The highest BCUT2D eigenvalue weighted by molar-refractivity contribution is 5.93. The molecule has 1 amide bonds. The minimum atomic E-state index is -0.0328. The monoisotopic (exact) mass is 353 g/mol. The maximum atomic E-state index is 12.8. The second-order valence-corrected chi connectivity index (χ2v) is 6.81. The van der Waals surface area contributed by atoms with Crippen molar-refractivity contribution in [2.24, 2.45) is 0 Å². The van der Waals surface area contributed by atoms with Gasteiger partial charge in [0.25, 0.3) is 5.91 Å². The van der Waals surface area contributed by atoms with E-state index in [0.29, 0.717) is 17.4 Å². The molecule has 0 atom stereocenters. The molecule has 0 radical (unpaired) electrons. The van der Waals surface area contributed by atoms with Crippen LogP contribution in [-0.4, -0.2) is 44.3 Å². The maximum Gasteiger partial charge on any atom is 0.274 e. The van der Waals surface area contributed by atoms with Crippen LogP contribution in [0.25, 0.3) is 11.5 Å². The van der Waals surface area contributed by atoms with Gasteiger partial charge in [-0.1, -0.05) is 6.92 Å². The Kier molecular flexibility index (Phi) is 4.36. The van der Waals surface area contributed by atoms with Crippen molar-refractivity contribution < 1.29 is 9.21 Å². The van der Waals surface area contributed by atoms with Crippen LogP contribution in [0.4, 0.5) is 0 Å². The molecular formula is C19H23N5O2. The van der Waals surface area contributed by atoms with Gasteiger partial charge in [-0.15, -0.1) is 0 Å². The number of rotatable bonds is 4. The van der Waals surface area contributed by atoms with E-state index in [1.54, 1.807) is 6.07 Å². The SMILES string of the molecule is CCc1cn[nH]c1C1CCN(C(=O)c2cc(-c3ccc(C)o3)[nH]n2)CC1. The van der Waals surface area contributed by atoms with E-state index in [0.717, 1.165) is 43.8 Å². The number of aromatic nitrogens is 4. The minimum Gasteiger partial charge on any atom is -0.460 e. The van der Waals surface area contributed by atoms with Gasteiger partial charge in [0.05, 0.1) is 6.20 Å². The topological polar surface area (TPSA) is 90.8 Å². The number of aryl methyl sites for hydroxylation is 2. The van der Waals surface area contributed by atoms with Crippen molar-refractivity contribution >= 4 is 5.91 Å². The van der Waals surface area contributed by atoms with Gasteiger partial charge < -0.3 is 9.32 Å². The zero-order chi connectivity index (χ0) is 18.1. The van der Waals surface area contributed by atoms with Crippen LogP contribution >= 0.6 is 0 Å². The van der Waals surface area contributed by atoms with Gasteiger partial charge in [0.1, 0.15) is 11.5 Å². The molecule has 1 saturated heterocycles. The molecule has 1 aliphatic rings. The quantitative estimate of drug-likeness (QED) is 0.753. The lowest BCUT2D eigenvalue weighted by atomic mass is 9.90. The molecule has 7 nitrogen and oxygen atoms in total. The molecule has 26 heavy (non-hydrogen) atoms. The fourth-order valence-electron chi connectivity index (χ4n) is 3.63. The lowest BCUT2D eigenvalue weighted by molar-refractivity contribution is 0.0706. The second-order valence-electron chi connectivity index (χ2n) is 6.81. The van der Waals surface area contributed by atoms with Gasteiger partial charge >= 0.3 is 0 Å². The number of furan rings is 1. The summed E-state index contributed by atoms with van der Waals surface area (Å²) in [5.41, 5.74) is 3.67. The van der Waals surface area contributed by atoms with Crippen LogP contribution in [0.2, 0.25) is 0 Å². The number of amides is 1. The zero-order valence-electron chi connectivity index (χ0n) is 15.1. The van der Waals surface area contributed by atoms with Gasteiger partial charge in [0, 0.05) is 30.8 Å². The van der Waals surface area contributed by atoms with Gasteiger partial charge in [0.2, 0.25) is 0 Å². The molecule has 1 aliphatic heterocycles. The Balaban J connectivity index is 1.42. The van der Waals surface area contributed by atoms with E-state index in [1.165, 1.54) is 11.3 Å². The van der Waals surface area contributed by atoms with Crippen LogP contribution in [0.15, 0.2) is 28.8 Å². The average Bonchev–Trinajstić information content (AvgIpc) is 3.41. The van der Waals surface area contributed by atoms with Crippen molar-refractivity contribution in [2.75, 3.05) is 13.1 Å². The number of carbonyl (C=O) groups excluding carboxylic acids is 1. The highest BCUT2D eigenvalue weighted by Crippen LogP contribution is 2.30. The van der Waals surface area contributed by atoms with Crippen LogP contribution < -0.4 is 0 Å². The van der Waals surface area contributed by atoms with Crippen molar-refractivity contribution in [3.63, 3.8) is 0 Å². The van der Waals surface area contributed by atoms with Crippen molar-refractivity contribution in [2.45, 2.75) is 39.0 Å². The van der Waals surface area contributed by atoms with Gasteiger partial charge in [-0.2, -0.15) is 10.2 Å². The molecule has 1 fully saturated rings. The second kappa shape index (κ2) is 6.82. The zero-order valence-corrected chi connectivity index (χ0v) is 15.1. The van der Waals surface area contributed by atoms with Crippen LogP contribution in [0.5, 0.6) is 0 Å². The summed E-state index contributed by atoms with van der Waals surface area (Å²) < 4.78 is 5.58. The van der Waals surface area contributed by atoms with Gasteiger partial charge in [-0.25, -0.2) is 0 Å². The predicted octanol–water partition coefficient (Wildman–Crippen LogP) is 3.28. The number of nitrogens with one attached hydrogen (secondary N) is 2. The number of nitrogens with zero attached hydrogens (tertiary/aromatic N) is 3. The van der Waals surface area contributed by atoms with Crippen LogP contribution in [0.1, 0.15) is 53.2 Å². The summed E-state index contributed by atoms with van der Waals surface area (Å²) in [7, 11) is 0. The first-order chi connectivity index (χ1) is 12.7. The molecule has 0 saturated carbocycles. The first kappa shape index (κ1) is 16.6. The number of piperidine rings is 1. The summed E-state index contributed by atoms with van der Waals surface area (Å²) in [6.45, 7) is 5.49. The molecule has 136 valence electrons. The Morgan fingerprint density at radius 1 is 1.31 bits per heavy atom. The third-order valence-electron chi connectivity index (χ3n) is 5.13. The summed E-state index contributed by atoms with van der Waals surface area (Å²) in [6.07, 6.45) is 4.77. The highest BCUT2D eigenvalue weighted by Gasteiger charge is 2.27. The largest absolute Gasteiger partial charge is 0.460 e. The average molecular weight is 353 g/mol. The molecule has 4 rings (SSSR count). The molecule has 0 aliphatic carbocycles. The van der Waals surface area contributed by atoms with E-state index in [9.17, 15) is 4.79 Å². The van der Waals surface area contributed by atoms with E-state index < -0.39 is 0 Å². The predicted molar refractivity (Wildman–Crippen MR) is 96.9 cm³/mol. The molecule has 3 aromatic rings. The Morgan fingerprint density at radius 2 is 2.12 bits per heavy atom. The molecular weight excluding hydrogens is 330 g/mol. The van der Waals surface area contributed by atoms with E-state index >= 15 is 0 Å². The Labute approximate surface area is 151 Å². The third-order valence-corrected chi connectivity index (χ3v) is 5.13. The van der Waals surface area contributed by atoms with E-state index in [4.69, 9.17) is 4.42 Å². The van der Waals surface area contributed by atoms with E-state index in [-0.39, 0.29) is 5.91 Å². The highest BCUT2D eigenvalue weighted by atomic mass is 16.3. The summed E-state index contributed by atoms with van der Waals surface area (Å²) in [5, 5.41) is 14.4. The molecule has 4 heterocycles. The number of H-pyrrole nitrogens is 2. The molecule has 0 spiro atoms. The summed E-state index contributed by atoms with van der Waals surface area (Å²) in [6, 6.07) is 5.53. The lowest BCUT2D eigenvalue weighted by Crippen LogP contribution is -2.38. The summed E-state index contributed by atoms with van der Waals surface area (Å²) in [5.74, 6) is 1.93. The molecule has 0 bridgehead atoms. The molecule has 0 aromatic carbocycles. The van der Waals surface area contributed by atoms with Crippen LogP contribution in [-0.2, 0) is 6.42 Å². The fourth-order valence-corrected chi connectivity index (χ4v) is 3.63. The molecule has 7 heteroatoms. The van der Waals surface area contributed by atoms with Gasteiger partial charge in [0.15, 0.2) is 11.5 Å². The normalized spacial score (nSPS) is 15.5. The lowest BCUT2D eigenvalue weighted by Gasteiger charge is -2.31. The summed E-state index contributed by atoms with van der Waals surface area (Å²) >= 11 is 0. The first-order valence-electron chi connectivity index (χ1n) is 9.09. The number of hydrogen-bond acceptors (Lipinski definition) is 4. The van der Waals surface area contributed by atoms with Crippen molar-refractivity contribution in [1.29, 1.82) is 0 Å². The maximum absolute atomic E-state index is 12.8. The third kappa shape index (κ3) is 3.05. The number of hydrogen-bond donors (Lipinski definition) is 2. The Bertz CT molecular complexity index is 899. The Hall–Kier alpha value is -2.83. The summed E-state index contributed by atoms with van der Waals surface area (Å²) in [4.78, 5) is 14.6. The Morgan fingerprint density at radius 3 is 2.81 bits per heavy atom. The first-order valence-corrected chi connectivity index (χ1v) is 9.09. The van der Waals surface area contributed by atoms with Crippen molar-refractivity contribution in [1.82, 2.24) is 25.3 Å². The van der Waals surface area contributed by atoms with Gasteiger partial charge in [-0.3, -0.25) is 15.0 Å². The molecule has 3 aromatic heterocycles. The minimum absolute atomic E-state index is 0.0328. The van der Waals surface area contributed by atoms with E-state index in [1.807, 2.05) is 30.2 Å². The van der Waals surface area contributed by atoms with Gasteiger partial charge in [-0.05, 0) is 43.9 Å². The number of likely N-dealkylation sites (tertiary alicyclic amines) is 1. The fraction of sp³-hybridized carbons (Fsp3) is 0.421. The molecule has 2 N–H and O–H groups in total. The molecule has 0 unspecified atom stereocenters. The van der Waals surface area contributed by atoms with Crippen LogP contribution in [0, 0.1) is 6.92 Å².